The fraction of sp³-hybridized carbons (Fsp3) is 0.444. The molecule has 0 spiro atoms. The number of halogens is 1. The van der Waals surface area contributed by atoms with Gasteiger partial charge in [0.05, 0.1) is 13.0 Å². The Kier molecular flexibility index (Phi) is 5.00. The molecule has 15 heavy (non-hydrogen) atoms. The van der Waals surface area contributed by atoms with Gasteiger partial charge in [-0.3, -0.25) is 4.79 Å². The van der Waals surface area contributed by atoms with Crippen molar-refractivity contribution in [1.29, 1.82) is 0 Å². The van der Waals surface area contributed by atoms with Gasteiger partial charge in [0.1, 0.15) is 5.82 Å². The highest BCUT2D eigenvalue weighted by Gasteiger charge is 2.03. The lowest BCUT2D eigenvalue weighted by Crippen LogP contribution is -2.15. The van der Waals surface area contributed by atoms with E-state index in [9.17, 15) is 4.79 Å². The van der Waals surface area contributed by atoms with Gasteiger partial charge in [0.15, 0.2) is 0 Å². The highest BCUT2D eigenvalue weighted by molar-refractivity contribution is 6.28. The molecule has 0 saturated heterocycles. The maximum atomic E-state index is 11.3. The average Bonchev–Trinajstić information content (AvgIpc) is 2.18. The Balaban J connectivity index is 2.37. The van der Waals surface area contributed by atoms with Crippen LogP contribution in [0.4, 0.5) is 5.82 Å². The highest BCUT2D eigenvalue weighted by Crippen LogP contribution is 2.05. The molecule has 0 aromatic carbocycles. The van der Waals surface area contributed by atoms with E-state index in [1.807, 2.05) is 6.92 Å². The van der Waals surface area contributed by atoms with Crippen molar-refractivity contribution in [2.45, 2.75) is 13.3 Å². The molecule has 1 N–H and O–H groups in total. The minimum absolute atomic E-state index is 0.109. The third-order valence-electron chi connectivity index (χ3n) is 1.57. The van der Waals surface area contributed by atoms with Gasteiger partial charge in [0.25, 0.3) is 0 Å². The molecular weight excluding hydrogens is 218 g/mol. The van der Waals surface area contributed by atoms with Crippen LogP contribution in [-0.4, -0.2) is 29.1 Å². The van der Waals surface area contributed by atoms with E-state index in [-0.39, 0.29) is 11.2 Å². The molecule has 0 fully saturated rings. The van der Waals surface area contributed by atoms with Gasteiger partial charge in [-0.15, -0.1) is 0 Å². The molecule has 1 rings (SSSR count). The topological polar surface area (TPSA) is 64.1 Å². The van der Waals surface area contributed by atoms with Crippen LogP contribution < -0.4 is 5.32 Å². The molecular formula is C9H12ClN3O2. The zero-order valence-electron chi connectivity index (χ0n) is 8.36. The first kappa shape index (κ1) is 11.9. The predicted molar refractivity (Wildman–Crippen MR) is 56.8 cm³/mol. The summed E-state index contributed by atoms with van der Waals surface area (Å²) in [7, 11) is 0. The van der Waals surface area contributed by atoms with Crippen molar-refractivity contribution in [1.82, 2.24) is 9.97 Å². The standard InChI is InChI=1S/C9H12ClN3O2/c1-2-15-6-4-8(14)12-7-3-5-11-9(10)13-7/h3,5H,2,4,6H2,1H3,(H,11,12,13,14). The molecule has 1 amide bonds. The highest BCUT2D eigenvalue weighted by atomic mass is 35.5. The summed E-state index contributed by atoms with van der Waals surface area (Å²) in [6.45, 7) is 2.88. The third-order valence-corrected chi connectivity index (χ3v) is 1.75. The van der Waals surface area contributed by atoms with E-state index in [2.05, 4.69) is 15.3 Å². The average molecular weight is 230 g/mol. The van der Waals surface area contributed by atoms with Gasteiger partial charge in [-0.2, -0.15) is 0 Å². The van der Waals surface area contributed by atoms with Crippen molar-refractivity contribution in [2.24, 2.45) is 0 Å². The Morgan fingerprint density at radius 2 is 2.47 bits per heavy atom. The van der Waals surface area contributed by atoms with Crippen LogP contribution in [0.5, 0.6) is 0 Å². The number of carbonyl (C=O) groups is 1. The lowest BCUT2D eigenvalue weighted by Gasteiger charge is -2.03. The molecule has 0 saturated carbocycles. The number of anilines is 1. The van der Waals surface area contributed by atoms with Gasteiger partial charge in [-0.05, 0) is 24.6 Å². The molecule has 0 atom stereocenters. The monoisotopic (exact) mass is 229 g/mol. The van der Waals surface area contributed by atoms with Crippen LogP contribution >= 0.6 is 11.6 Å². The minimum atomic E-state index is -0.154. The third kappa shape index (κ3) is 4.71. The fourth-order valence-electron chi connectivity index (χ4n) is 0.919. The summed E-state index contributed by atoms with van der Waals surface area (Å²) in [4.78, 5) is 18.8. The van der Waals surface area contributed by atoms with Gasteiger partial charge in [-0.25, -0.2) is 9.97 Å². The van der Waals surface area contributed by atoms with E-state index in [1.165, 1.54) is 6.20 Å². The second-order valence-corrected chi connectivity index (χ2v) is 3.04. The fourth-order valence-corrected chi connectivity index (χ4v) is 1.07. The molecule has 1 aromatic heterocycles. The van der Waals surface area contributed by atoms with E-state index in [1.54, 1.807) is 6.07 Å². The molecule has 82 valence electrons. The minimum Gasteiger partial charge on any atom is -0.381 e. The number of rotatable bonds is 5. The zero-order valence-corrected chi connectivity index (χ0v) is 9.12. The van der Waals surface area contributed by atoms with Crippen molar-refractivity contribution in [2.75, 3.05) is 18.5 Å². The number of ether oxygens (including phenoxy) is 1. The first-order valence-electron chi connectivity index (χ1n) is 4.58. The van der Waals surface area contributed by atoms with Crippen LogP contribution in [0.1, 0.15) is 13.3 Å². The van der Waals surface area contributed by atoms with E-state index in [4.69, 9.17) is 16.3 Å². The molecule has 0 unspecified atom stereocenters. The van der Waals surface area contributed by atoms with E-state index in [0.29, 0.717) is 25.5 Å². The number of hydrogen-bond donors (Lipinski definition) is 1. The molecule has 1 heterocycles. The Labute approximate surface area is 92.8 Å². The van der Waals surface area contributed by atoms with Crippen LogP contribution in [-0.2, 0) is 9.53 Å². The van der Waals surface area contributed by atoms with E-state index >= 15 is 0 Å². The maximum absolute atomic E-state index is 11.3. The maximum Gasteiger partial charge on any atom is 0.227 e. The zero-order chi connectivity index (χ0) is 11.1. The normalized spacial score (nSPS) is 10.0. The van der Waals surface area contributed by atoms with Crippen LogP contribution in [0.25, 0.3) is 0 Å². The Hall–Kier alpha value is -1.20. The summed E-state index contributed by atoms with van der Waals surface area (Å²) in [5, 5.41) is 2.70. The van der Waals surface area contributed by atoms with E-state index in [0.717, 1.165) is 0 Å². The molecule has 0 aliphatic heterocycles. The summed E-state index contributed by atoms with van der Waals surface area (Å²) in [6.07, 6.45) is 1.78. The number of amides is 1. The number of carbonyl (C=O) groups excluding carboxylic acids is 1. The lowest BCUT2D eigenvalue weighted by atomic mass is 10.4. The smallest absolute Gasteiger partial charge is 0.227 e. The summed E-state index contributed by atoms with van der Waals surface area (Å²) in [5.41, 5.74) is 0. The number of aromatic nitrogens is 2. The predicted octanol–water partition coefficient (Wildman–Crippen LogP) is 1.50. The molecule has 0 aliphatic rings. The molecule has 6 heteroatoms. The molecule has 0 radical (unpaired) electrons. The van der Waals surface area contributed by atoms with Gasteiger partial charge >= 0.3 is 0 Å². The molecule has 1 aromatic rings. The molecule has 0 bridgehead atoms. The number of nitrogens with zero attached hydrogens (tertiary/aromatic N) is 2. The molecule has 0 aliphatic carbocycles. The largest absolute Gasteiger partial charge is 0.381 e. The van der Waals surface area contributed by atoms with Crippen LogP contribution in [0, 0.1) is 0 Å². The quantitative estimate of drug-likeness (QED) is 0.614. The van der Waals surface area contributed by atoms with E-state index < -0.39 is 0 Å². The number of nitrogens with one attached hydrogen (secondary N) is 1. The van der Waals surface area contributed by atoms with Crippen LogP contribution in [0.15, 0.2) is 12.3 Å². The van der Waals surface area contributed by atoms with Crippen molar-refractivity contribution in [3.8, 4) is 0 Å². The van der Waals surface area contributed by atoms with Crippen LogP contribution in [0.2, 0.25) is 5.28 Å². The van der Waals surface area contributed by atoms with Gasteiger partial charge in [0, 0.05) is 12.8 Å². The Bertz CT molecular complexity index is 333. The van der Waals surface area contributed by atoms with Crippen molar-refractivity contribution in [3.05, 3.63) is 17.5 Å². The van der Waals surface area contributed by atoms with Crippen LogP contribution in [0.3, 0.4) is 0 Å². The SMILES string of the molecule is CCOCCC(=O)Nc1ccnc(Cl)n1. The summed E-state index contributed by atoms with van der Waals surface area (Å²) in [6, 6.07) is 1.57. The van der Waals surface area contributed by atoms with Gasteiger partial charge in [-0.1, -0.05) is 0 Å². The first-order chi connectivity index (χ1) is 7.22. The van der Waals surface area contributed by atoms with Gasteiger partial charge in [0.2, 0.25) is 11.2 Å². The van der Waals surface area contributed by atoms with Gasteiger partial charge < -0.3 is 10.1 Å². The second-order valence-electron chi connectivity index (χ2n) is 2.71. The van der Waals surface area contributed by atoms with Crippen molar-refractivity contribution < 1.29 is 9.53 Å². The summed E-state index contributed by atoms with van der Waals surface area (Å²) in [5.74, 6) is 0.245. The molecule has 5 nitrogen and oxygen atoms in total. The summed E-state index contributed by atoms with van der Waals surface area (Å²) < 4.78 is 5.05. The Morgan fingerprint density at radius 3 is 3.13 bits per heavy atom. The van der Waals surface area contributed by atoms with Crippen molar-refractivity contribution >= 4 is 23.3 Å². The lowest BCUT2D eigenvalue weighted by molar-refractivity contribution is -0.117. The Morgan fingerprint density at radius 1 is 1.67 bits per heavy atom. The summed E-state index contributed by atoms with van der Waals surface area (Å²) >= 11 is 5.56. The van der Waals surface area contributed by atoms with Crippen molar-refractivity contribution in [3.63, 3.8) is 0 Å². The second kappa shape index (κ2) is 6.31. The first-order valence-corrected chi connectivity index (χ1v) is 4.96. The number of hydrogen-bond acceptors (Lipinski definition) is 4.